The van der Waals surface area contributed by atoms with Gasteiger partial charge in [-0.15, -0.1) is 0 Å². The molecule has 1 rings (SSSR count). The summed E-state index contributed by atoms with van der Waals surface area (Å²) in [5, 5.41) is 0. The molecule has 0 aromatic heterocycles. The lowest BCUT2D eigenvalue weighted by Gasteiger charge is -2.19. The number of Topliss-reactive ketones (excluding diaryl/α,β-unsaturated/α-hetero) is 1. The molecular weight excluding hydrogens is 294 g/mol. The van der Waals surface area contributed by atoms with Gasteiger partial charge in [0.2, 0.25) is 10.0 Å². The summed E-state index contributed by atoms with van der Waals surface area (Å²) in [6.45, 7) is 3.63. The number of hydrogen-bond donors (Lipinski definition) is 0. The molecule has 0 radical (unpaired) electrons. The highest BCUT2D eigenvalue weighted by atomic mass is 32.2. The molecular formula is C14H21NO5S. The number of benzene rings is 1. The summed E-state index contributed by atoms with van der Waals surface area (Å²) in [7, 11) is 0.563. The Morgan fingerprint density at radius 3 is 2.19 bits per heavy atom. The topological polar surface area (TPSA) is 72.9 Å². The van der Waals surface area contributed by atoms with Gasteiger partial charge in [0.05, 0.1) is 19.8 Å². The second-order valence-electron chi connectivity index (χ2n) is 4.59. The van der Waals surface area contributed by atoms with Gasteiger partial charge in [-0.1, -0.05) is 6.92 Å². The summed E-state index contributed by atoms with van der Waals surface area (Å²) in [5.74, 6) is 0.167. The number of nitrogens with zero attached hydrogens (tertiary/aromatic N) is 1. The zero-order valence-electron chi connectivity index (χ0n) is 13.0. The van der Waals surface area contributed by atoms with Crippen molar-refractivity contribution in [2.24, 2.45) is 0 Å². The number of ether oxygens (including phenoxy) is 2. The molecule has 0 aliphatic rings. The third-order valence-electron chi connectivity index (χ3n) is 3.09. The van der Waals surface area contributed by atoms with Gasteiger partial charge < -0.3 is 9.47 Å². The molecule has 0 saturated heterocycles. The Labute approximate surface area is 125 Å². The fourth-order valence-electron chi connectivity index (χ4n) is 1.95. The number of sulfonamides is 1. The van der Waals surface area contributed by atoms with E-state index < -0.39 is 10.0 Å². The molecule has 0 aliphatic heterocycles. The van der Waals surface area contributed by atoms with Gasteiger partial charge in [-0.2, -0.15) is 0 Å². The predicted octanol–water partition coefficient (Wildman–Crippen LogP) is 1.94. The van der Waals surface area contributed by atoms with Crippen molar-refractivity contribution in [3.63, 3.8) is 0 Å². The van der Waals surface area contributed by atoms with Crippen molar-refractivity contribution in [3.8, 4) is 11.5 Å². The lowest BCUT2D eigenvalue weighted by molar-refractivity contribution is 0.101. The van der Waals surface area contributed by atoms with Crippen LogP contribution >= 0.6 is 0 Å². The van der Waals surface area contributed by atoms with Crippen molar-refractivity contribution >= 4 is 15.8 Å². The van der Waals surface area contributed by atoms with Gasteiger partial charge in [0.15, 0.2) is 5.78 Å². The normalized spacial score (nSPS) is 11.5. The van der Waals surface area contributed by atoms with E-state index in [1.807, 2.05) is 6.92 Å². The first-order valence-electron chi connectivity index (χ1n) is 6.52. The number of carbonyl (C=O) groups excluding carboxylic acids is 1. The summed E-state index contributed by atoms with van der Waals surface area (Å²) in [6.07, 6.45) is 0.688. The van der Waals surface area contributed by atoms with Gasteiger partial charge in [-0.25, -0.2) is 12.7 Å². The quantitative estimate of drug-likeness (QED) is 0.719. The molecule has 118 valence electrons. The van der Waals surface area contributed by atoms with Crippen molar-refractivity contribution in [1.29, 1.82) is 0 Å². The van der Waals surface area contributed by atoms with Crippen LogP contribution in [0.3, 0.4) is 0 Å². The molecule has 6 nitrogen and oxygen atoms in total. The van der Waals surface area contributed by atoms with E-state index in [4.69, 9.17) is 9.47 Å². The van der Waals surface area contributed by atoms with Crippen LogP contribution in [-0.4, -0.2) is 46.3 Å². The first kappa shape index (κ1) is 17.5. The summed E-state index contributed by atoms with van der Waals surface area (Å²) in [5.41, 5.74) is 0.210. The Kier molecular flexibility index (Phi) is 5.74. The van der Waals surface area contributed by atoms with E-state index in [9.17, 15) is 13.2 Å². The smallest absolute Gasteiger partial charge is 0.246 e. The Morgan fingerprint density at radius 2 is 1.76 bits per heavy atom. The van der Waals surface area contributed by atoms with Crippen molar-refractivity contribution < 1.29 is 22.7 Å². The summed E-state index contributed by atoms with van der Waals surface area (Å²) in [4.78, 5) is 11.6. The van der Waals surface area contributed by atoms with Gasteiger partial charge in [0, 0.05) is 19.7 Å². The lowest BCUT2D eigenvalue weighted by Crippen LogP contribution is -2.28. The molecule has 0 unspecified atom stereocenters. The average Bonchev–Trinajstić information content (AvgIpc) is 2.45. The maximum Gasteiger partial charge on any atom is 0.246 e. The largest absolute Gasteiger partial charge is 0.496 e. The predicted molar refractivity (Wildman–Crippen MR) is 79.7 cm³/mol. The molecule has 7 heteroatoms. The van der Waals surface area contributed by atoms with Crippen LogP contribution in [0.15, 0.2) is 17.0 Å². The maximum atomic E-state index is 12.6. The maximum absolute atomic E-state index is 12.6. The van der Waals surface area contributed by atoms with E-state index in [1.165, 1.54) is 44.6 Å². The van der Waals surface area contributed by atoms with Crippen LogP contribution in [0.2, 0.25) is 0 Å². The van der Waals surface area contributed by atoms with Crippen LogP contribution in [0.5, 0.6) is 11.5 Å². The highest BCUT2D eigenvalue weighted by Crippen LogP contribution is 2.33. The van der Waals surface area contributed by atoms with Crippen LogP contribution in [-0.2, 0) is 10.0 Å². The van der Waals surface area contributed by atoms with Crippen molar-refractivity contribution in [1.82, 2.24) is 4.31 Å². The molecule has 0 amide bonds. The summed E-state index contributed by atoms with van der Waals surface area (Å²) in [6, 6.07) is 2.73. The Balaban J connectivity index is 3.54. The van der Waals surface area contributed by atoms with Gasteiger partial charge in [-0.3, -0.25) is 4.79 Å². The van der Waals surface area contributed by atoms with Gasteiger partial charge in [-0.05, 0) is 19.4 Å². The van der Waals surface area contributed by atoms with E-state index in [2.05, 4.69) is 0 Å². The molecule has 1 aromatic carbocycles. The Hall–Kier alpha value is -1.60. The summed E-state index contributed by atoms with van der Waals surface area (Å²) >= 11 is 0. The van der Waals surface area contributed by atoms with Crippen LogP contribution < -0.4 is 9.47 Å². The number of carbonyl (C=O) groups is 1. The van der Waals surface area contributed by atoms with Crippen molar-refractivity contribution in [2.75, 3.05) is 27.8 Å². The average molecular weight is 315 g/mol. The second kappa shape index (κ2) is 6.91. The first-order valence-corrected chi connectivity index (χ1v) is 7.96. The highest BCUT2D eigenvalue weighted by Gasteiger charge is 2.27. The van der Waals surface area contributed by atoms with E-state index >= 15 is 0 Å². The minimum absolute atomic E-state index is 0.0352. The lowest BCUT2D eigenvalue weighted by atomic mass is 10.1. The SMILES string of the molecule is CCCN(C)S(=O)(=O)c1cc(C(C)=O)c(OC)cc1OC. The molecule has 0 fully saturated rings. The zero-order valence-corrected chi connectivity index (χ0v) is 13.8. The molecule has 0 bridgehead atoms. The molecule has 1 aromatic rings. The molecule has 0 saturated carbocycles. The van der Waals surface area contributed by atoms with Gasteiger partial charge in [0.1, 0.15) is 16.4 Å². The van der Waals surface area contributed by atoms with E-state index in [0.29, 0.717) is 13.0 Å². The van der Waals surface area contributed by atoms with Gasteiger partial charge >= 0.3 is 0 Å². The molecule has 21 heavy (non-hydrogen) atoms. The molecule has 0 spiro atoms. The number of rotatable bonds is 7. The van der Waals surface area contributed by atoms with Crippen LogP contribution in [0, 0.1) is 0 Å². The number of ketones is 1. The Bertz CT molecular complexity index is 624. The minimum Gasteiger partial charge on any atom is -0.496 e. The monoisotopic (exact) mass is 315 g/mol. The van der Waals surface area contributed by atoms with E-state index in [-0.39, 0.29) is 27.7 Å². The fraction of sp³-hybridized carbons (Fsp3) is 0.500. The summed E-state index contributed by atoms with van der Waals surface area (Å²) < 4.78 is 36.6. The minimum atomic E-state index is -3.72. The third-order valence-corrected chi connectivity index (χ3v) is 4.97. The zero-order chi connectivity index (χ0) is 16.2. The van der Waals surface area contributed by atoms with Crippen LogP contribution in [0.25, 0.3) is 0 Å². The third kappa shape index (κ3) is 3.54. The molecule has 0 aliphatic carbocycles. The van der Waals surface area contributed by atoms with Crippen LogP contribution in [0.4, 0.5) is 0 Å². The standard InChI is InChI=1S/C14H21NO5S/c1-6-7-15(3)21(17,18)14-8-11(10(2)16)12(19-4)9-13(14)20-5/h8-9H,6-7H2,1-5H3. The van der Waals surface area contributed by atoms with Crippen molar-refractivity contribution in [2.45, 2.75) is 25.2 Å². The van der Waals surface area contributed by atoms with E-state index in [0.717, 1.165) is 0 Å². The van der Waals surface area contributed by atoms with Crippen LogP contribution in [0.1, 0.15) is 30.6 Å². The molecule has 0 atom stereocenters. The van der Waals surface area contributed by atoms with Crippen molar-refractivity contribution in [3.05, 3.63) is 17.7 Å². The second-order valence-corrected chi connectivity index (χ2v) is 6.60. The number of hydrogen-bond acceptors (Lipinski definition) is 5. The highest BCUT2D eigenvalue weighted by molar-refractivity contribution is 7.89. The fourth-order valence-corrected chi connectivity index (χ4v) is 3.37. The first-order chi connectivity index (χ1) is 9.79. The molecule has 0 N–H and O–H groups in total. The number of methoxy groups -OCH3 is 2. The Morgan fingerprint density at radius 1 is 1.19 bits per heavy atom. The van der Waals surface area contributed by atoms with E-state index in [1.54, 1.807) is 0 Å². The van der Waals surface area contributed by atoms with Gasteiger partial charge in [0.25, 0.3) is 0 Å². The molecule has 0 heterocycles.